The van der Waals surface area contributed by atoms with Gasteiger partial charge in [0.05, 0.1) is 11.2 Å². The van der Waals surface area contributed by atoms with Crippen LogP contribution in [0.5, 0.6) is 0 Å². The van der Waals surface area contributed by atoms with Crippen molar-refractivity contribution >= 4 is 28.4 Å². The molecular formula is C32H30N2. The first-order valence-corrected chi connectivity index (χ1v) is 12.4. The van der Waals surface area contributed by atoms with Gasteiger partial charge in [-0.15, -0.1) is 0 Å². The summed E-state index contributed by atoms with van der Waals surface area (Å²) in [5.74, 6) is 0. The quantitative estimate of drug-likeness (QED) is 0.317. The van der Waals surface area contributed by atoms with Crippen LogP contribution < -0.4 is 4.90 Å². The van der Waals surface area contributed by atoms with Crippen LogP contribution in [-0.2, 0) is 19.3 Å². The lowest BCUT2D eigenvalue weighted by atomic mass is 9.83. The Hall–Kier alpha value is -3.65. The number of rotatable bonds is 3. The van der Waals surface area contributed by atoms with Crippen LogP contribution in [0.4, 0.5) is 11.4 Å². The zero-order valence-electron chi connectivity index (χ0n) is 20.3. The van der Waals surface area contributed by atoms with E-state index in [1.807, 2.05) is 6.20 Å². The van der Waals surface area contributed by atoms with E-state index in [4.69, 9.17) is 4.98 Å². The number of hydrogen-bond acceptors (Lipinski definition) is 2. The molecule has 1 aliphatic carbocycles. The topological polar surface area (TPSA) is 16.1 Å². The second kappa shape index (κ2) is 7.99. The van der Waals surface area contributed by atoms with Crippen LogP contribution in [0, 0.1) is 13.8 Å². The van der Waals surface area contributed by atoms with Gasteiger partial charge in [-0.2, -0.15) is 0 Å². The minimum atomic E-state index is 0.983. The molecule has 0 spiro atoms. The Morgan fingerprint density at radius 3 is 2.59 bits per heavy atom. The van der Waals surface area contributed by atoms with Crippen molar-refractivity contribution in [2.24, 2.45) is 0 Å². The first-order chi connectivity index (χ1) is 16.6. The van der Waals surface area contributed by atoms with Crippen LogP contribution >= 0.6 is 0 Å². The SMILES string of the molecule is C=C1C=Cc2c(cc(C)c(CC)c2-c2ccc3c4c(ccnc24)CCC3)N1c1cccc(C)c1. The highest BCUT2D eigenvalue weighted by Crippen LogP contribution is 2.46. The Kier molecular flexibility index (Phi) is 4.91. The molecule has 6 rings (SSSR count). The maximum atomic E-state index is 4.96. The molecule has 0 N–H and O–H groups in total. The van der Waals surface area contributed by atoms with Crippen LogP contribution in [0.2, 0.25) is 0 Å². The van der Waals surface area contributed by atoms with Crippen molar-refractivity contribution in [1.29, 1.82) is 0 Å². The van der Waals surface area contributed by atoms with Gasteiger partial charge in [-0.1, -0.05) is 43.8 Å². The second-order valence-corrected chi connectivity index (χ2v) is 9.65. The Bertz CT molecular complexity index is 1500. The highest BCUT2D eigenvalue weighted by molar-refractivity contribution is 6.03. The maximum Gasteiger partial charge on any atom is 0.0786 e. The lowest BCUT2D eigenvalue weighted by molar-refractivity contribution is 0.806. The predicted octanol–water partition coefficient (Wildman–Crippen LogP) is 8.25. The van der Waals surface area contributed by atoms with Crippen molar-refractivity contribution < 1.29 is 0 Å². The summed E-state index contributed by atoms with van der Waals surface area (Å²) in [6.07, 6.45) is 10.9. The van der Waals surface area contributed by atoms with E-state index < -0.39 is 0 Å². The van der Waals surface area contributed by atoms with Crippen molar-refractivity contribution in [2.75, 3.05) is 4.90 Å². The van der Waals surface area contributed by atoms with Gasteiger partial charge in [-0.25, -0.2) is 0 Å². The van der Waals surface area contributed by atoms with E-state index in [2.05, 4.69) is 92.9 Å². The molecule has 2 aliphatic rings. The molecule has 168 valence electrons. The molecule has 3 aromatic carbocycles. The predicted molar refractivity (Wildman–Crippen MR) is 145 cm³/mol. The third-order valence-electron chi connectivity index (χ3n) is 7.49. The van der Waals surface area contributed by atoms with Gasteiger partial charge in [0.2, 0.25) is 0 Å². The van der Waals surface area contributed by atoms with E-state index in [0.29, 0.717) is 0 Å². The number of fused-ring (bicyclic) bond motifs is 1. The van der Waals surface area contributed by atoms with E-state index >= 15 is 0 Å². The molecule has 0 fully saturated rings. The van der Waals surface area contributed by atoms with Gasteiger partial charge in [0.15, 0.2) is 0 Å². The number of benzene rings is 3. The summed E-state index contributed by atoms with van der Waals surface area (Å²) in [6, 6.07) is 17.9. The Morgan fingerprint density at radius 2 is 1.79 bits per heavy atom. The fraction of sp³-hybridized carbons (Fsp3) is 0.219. The Morgan fingerprint density at radius 1 is 0.971 bits per heavy atom. The molecule has 4 aromatic rings. The molecule has 1 aromatic heterocycles. The van der Waals surface area contributed by atoms with Crippen LogP contribution in [-0.4, -0.2) is 4.98 Å². The van der Waals surface area contributed by atoms with Crippen molar-refractivity contribution in [3.05, 3.63) is 106 Å². The molecule has 1 aliphatic heterocycles. The summed E-state index contributed by atoms with van der Waals surface area (Å²) in [5, 5.41) is 1.38. The average Bonchev–Trinajstić information content (AvgIpc) is 2.84. The largest absolute Gasteiger partial charge is 0.310 e. The standard InChI is InChI=1S/C32H30N2/c1-5-26-21(3)19-29-27(14-12-22(4)34(29)25-11-6-8-20(2)18-25)31(26)28-15-13-23-9-7-10-24-16-17-33-32(28)30(23)24/h6,8,11-19H,4-5,7,9-10H2,1-3H3. The summed E-state index contributed by atoms with van der Waals surface area (Å²) in [5.41, 5.74) is 15.2. The van der Waals surface area contributed by atoms with Crippen LogP contribution in [0.25, 0.3) is 28.1 Å². The van der Waals surface area contributed by atoms with Crippen molar-refractivity contribution in [3.63, 3.8) is 0 Å². The number of anilines is 2. The van der Waals surface area contributed by atoms with Gasteiger partial charge in [-0.05, 0) is 103 Å². The van der Waals surface area contributed by atoms with E-state index in [1.54, 1.807) is 0 Å². The highest BCUT2D eigenvalue weighted by Gasteiger charge is 2.26. The molecule has 0 saturated heterocycles. The van der Waals surface area contributed by atoms with E-state index in [0.717, 1.165) is 36.2 Å². The first kappa shape index (κ1) is 20.9. The van der Waals surface area contributed by atoms with Gasteiger partial charge in [-0.3, -0.25) is 4.98 Å². The molecule has 0 atom stereocenters. The molecule has 2 nitrogen and oxygen atoms in total. The lowest BCUT2D eigenvalue weighted by Gasteiger charge is -2.33. The highest BCUT2D eigenvalue weighted by atomic mass is 15.2. The van der Waals surface area contributed by atoms with Crippen LogP contribution in [0.15, 0.2) is 73.1 Å². The molecule has 2 heteroatoms. The fourth-order valence-electron chi connectivity index (χ4n) is 5.95. The Balaban J connectivity index is 1.68. The number of aryl methyl sites for hydroxylation is 4. The maximum absolute atomic E-state index is 4.96. The summed E-state index contributed by atoms with van der Waals surface area (Å²) < 4.78 is 0. The molecular weight excluding hydrogens is 412 g/mol. The summed E-state index contributed by atoms with van der Waals surface area (Å²) in [4.78, 5) is 7.27. The van der Waals surface area contributed by atoms with Gasteiger partial charge in [0.25, 0.3) is 0 Å². The molecule has 0 unspecified atom stereocenters. The average molecular weight is 443 g/mol. The second-order valence-electron chi connectivity index (χ2n) is 9.65. The normalized spacial score (nSPS) is 14.6. The van der Waals surface area contributed by atoms with E-state index in [1.165, 1.54) is 62.0 Å². The van der Waals surface area contributed by atoms with Gasteiger partial charge in [0.1, 0.15) is 0 Å². The molecule has 0 bridgehead atoms. The summed E-state index contributed by atoms with van der Waals surface area (Å²) >= 11 is 0. The third-order valence-corrected chi connectivity index (χ3v) is 7.49. The zero-order valence-corrected chi connectivity index (χ0v) is 20.3. The first-order valence-electron chi connectivity index (χ1n) is 12.4. The van der Waals surface area contributed by atoms with E-state index in [-0.39, 0.29) is 0 Å². The van der Waals surface area contributed by atoms with Crippen molar-refractivity contribution in [3.8, 4) is 11.1 Å². The number of pyridine rings is 1. The number of hydrogen-bond donors (Lipinski definition) is 0. The smallest absolute Gasteiger partial charge is 0.0786 e. The number of aromatic nitrogens is 1. The van der Waals surface area contributed by atoms with Crippen LogP contribution in [0.3, 0.4) is 0 Å². The fourth-order valence-corrected chi connectivity index (χ4v) is 5.95. The van der Waals surface area contributed by atoms with Crippen molar-refractivity contribution in [2.45, 2.75) is 46.5 Å². The van der Waals surface area contributed by atoms with E-state index in [9.17, 15) is 0 Å². The third kappa shape index (κ3) is 3.13. The van der Waals surface area contributed by atoms with Gasteiger partial charge < -0.3 is 4.90 Å². The monoisotopic (exact) mass is 442 g/mol. The lowest BCUT2D eigenvalue weighted by Crippen LogP contribution is -2.19. The minimum Gasteiger partial charge on any atom is -0.310 e. The summed E-state index contributed by atoms with van der Waals surface area (Å²) in [6.45, 7) is 11.0. The number of nitrogens with zero attached hydrogens (tertiary/aromatic N) is 2. The van der Waals surface area contributed by atoms with Gasteiger partial charge >= 0.3 is 0 Å². The zero-order chi connectivity index (χ0) is 23.4. The molecule has 0 amide bonds. The molecule has 34 heavy (non-hydrogen) atoms. The molecule has 0 saturated carbocycles. The number of allylic oxidation sites excluding steroid dienone is 1. The molecule has 0 radical (unpaired) electrons. The van der Waals surface area contributed by atoms with Crippen molar-refractivity contribution in [1.82, 2.24) is 4.98 Å². The minimum absolute atomic E-state index is 0.983. The van der Waals surface area contributed by atoms with Gasteiger partial charge in [0, 0.05) is 34.1 Å². The Labute approximate surface area is 202 Å². The molecule has 2 heterocycles. The van der Waals surface area contributed by atoms with Crippen LogP contribution in [0.1, 0.15) is 46.7 Å². The summed E-state index contributed by atoms with van der Waals surface area (Å²) in [7, 11) is 0.